The van der Waals surface area contributed by atoms with E-state index in [1.54, 1.807) is 0 Å². The lowest BCUT2D eigenvalue weighted by molar-refractivity contribution is 0.827. The predicted octanol–water partition coefficient (Wildman–Crippen LogP) is 0.810. The Morgan fingerprint density at radius 3 is 3.07 bits per heavy atom. The van der Waals surface area contributed by atoms with Crippen LogP contribution in [0.15, 0.2) is 6.20 Å². The first kappa shape index (κ1) is 9.93. The molecule has 0 aromatic carbocycles. The van der Waals surface area contributed by atoms with Crippen LogP contribution in [0.4, 0.5) is 0 Å². The van der Waals surface area contributed by atoms with Crippen LogP contribution in [0.1, 0.15) is 17.1 Å². The van der Waals surface area contributed by atoms with Gasteiger partial charge in [0.15, 0.2) is 0 Å². The van der Waals surface area contributed by atoms with Crippen molar-refractivity contribution < 1.29 is 0 Å². The van der Waals surface area contributed by atoms with Crippen LogP contribution in [0.5, 0.6) is 0 Å². The third-order valence-corrected chi connectivity index (χ3v) is 3.36. The molecule has 0 aliphatic carbocycles. The molecular formula is C10H15N3S. The van der Waals surface area contributed by atoms with Crippen molar-refractivity contribution in [2.75, 3.05) is 18.1 Å². The van der Waals surface area contributed by atoms with Crippen molar-refractivity contribution in [3.8, 4) is 0 Å². The summed E-state index contributed by atoms with van der Waals surface area (Å²) in [6, 6.07) is 0. The highest BCUT2D eigenvalue weighted by Gasteiger charge is 2.10. The van der Waals surface area contributed by atoms with Crippen molar-refractivity contribution in [2.24, 2.45) is 5.73 Å². The van der Waals surface area contributed by atoms with Crippen molar-refractivity contribution >= 4 is 11.8 Å². The van der Waals surface area contributed by atoms with Gasteiger partial charge in [-0.25, -0.2) is 9.97 Å². The van der Waals surface area contributed by atoms with Gasteiger partial charge in [-0.1, -0.05) is 0 Å². The monoisotopic (exact) mass is 209 g/mol. The molecule has 2 heterocycles. The molecule has 0 fully saturated rings. The first-order valence-corrected chi connectivity index (χ1v) is 6.17. The maximum absolute atomic E-state index is 5.48. The molecule has 0 spiro atoms. The Morgan fingerprint density at radius 2 is 2.21 bits per heavy atom. The van der Waals surface area contributed by atoms with Gasteiger partial charge in [0.05, 0.1) is 0 Å². The quantitative estimate of drug-likeness (QED) is 0.783. The zero-order valence-corrected chi connectivity index (χ0v) is 9.02. The van der Waals surface area contributed by atoms with Gasteiger partial charge in [0.1, 0.15) is 5.82 Å². The second kappa shape index (κ2) is 4.75. The Balaban J connectivity index is 2.23. The Bertz CT molecular complexity index is 314. The van der Waals surface area contributed by atoms with Crippen molar-refractivity contribution in [1.29, 1.82) is 0 Å². The average molecular weight is 209 g/mol. The van der Waals surface area contributed by atoms with Crippen LogP contribution in [0.3, 0.4) is 0 Å². The molecule has 0 saturated heterocycles. The molecule has 0 bridgehead atoms. The van der Waals surface area contributed by atoms with Gasteiger partial charge in [-0.2, -0.15) is 11.8 Å². The Hall–Kier alpha value is -0.610. The van der Waals surface area contributed by atoms with Gasteiger partial charge in [0, 0.05) is 18.3 Å². The summed E-state index contributed by atoms with van der Waals surface area (Å²) in [5.41, 5.74) is 8.06. The van der Waals surface area contributed by atoms with Crippen LogP contribution in [0.25, 0.3) is 0 Å². The van der Waals surface area contributed by atoms with Gasteiger partial charge >= 0.3 is 0 Å². The predicted molar refractivity (Wildman–Crippen MR) is 59.5 cm³/mol. The number of nitrogens with two attached hydrogens (primary N) is 1. The SMILES string of the molecule is NCCc1ncc2c(n1)CCSCC2. The molecule has 0 saturated carbocycles. The van der Waals surface area contributed by atoms with Crippen LogP contribution in [0.2, 0.25) is 0 Å². The van der Waals surface area contributed by atoms with Gasteiger partial charge in [0.2, 0.25) is 0 Å². The molecule has 4 heteroatoms. The van der Waals surface area contributed by atoms with Gasteiger partial charge < -0.3 is 5.73 Å². The van der Waals surface area contributed by atoms with Gasteiger partial charge in [-0.05, 0) is 36.5 Å². The van der Waals surface area contributed by atoms with E-state index in [-0.39, 0.29) is 0 Å². The molecule has 1 aromatic rings. The van der Waals surface area contributed by atoms with Crippen LogP contribution < -0.4 is 5.73 Å². The standard InChI is InChI=1S/C10H15N3S/c11-4-1-10-12-7-8-2-5-14-6-3-9(8)13-10/h7H,1-6,11H2. The summed E-state index contributed by atoms with van der Waals surface area (Å²) in [4.78, 5) is 8.88. The highest BCUT2D eigenvalue weighted by molar-refractivity contribution is 7.99. The minimum Gasteiger partial charge on any atom is -0.330 e. The number of thioether (sulfide) groups is 1. The zero-order valence-electron chi connectivity index (χ0n) is 8.20. The second-order valence-electron chi connectivity index (χ2n) is 3.41. The van der Waals surface area contributed by atoms with Crippen molar-refractivity contribution in [3.63, 3.8) is 0 Å². The minimum atomic E-state index is 0.632. The Kier molecular flexibility index (Phi) is 3.37. The number of rotatable bonds is 2. The molecule has 2 N–H and O–H groups in total. The highest BCUT2D eigenvalue weighted by Crippen LogP contribution is 2.17. The highest BCUT2D eigenvalue weighted by atomic mass is 32.2. The Labute approximate surface area is 88.5 Å². The Morgan fingerprint density at radius 1 is 1.36 bits per heavy atom. The lowest BCUT2D eigenvalue weighted by Crippen LogP contribution is -2.09. The average Bonchev–Trinajstić information content (AvgIpc) is 2.42. The molecule has 0 atom stereocenters. The topological polar surface area (TPSA) is 51.8 Å². The summed E-state index contributed by atoms with van der Waals surface area (Å²) in [7, 11) is 0. The third-order valence-electron chi connectivity index (χ3n) is 2.37. The zero-order chi connectivity index (χ0) is 9.80. The number of nitrogens with zero attached hydrogens (tertiary/aromatic N) is 2. The smallest absolute Gasteiger partial charge is 0.129 e. The first-order valence-electron chi connectivity index (χ1n) is 5.01. The summed E-state index contributed by atoms with van der Waals surface area (Å²) in [5.74, 6) is 3.29. The molecule has 2 rings (SSSR count). The van der Waals surface area contributed by atoms with E-state index < -0.39 is 0 Å². The van der Waals surface area contributed by atoms with E-state index in [1.165, 1.54) is 22.8 Å². The summed E-state index contributed by atoms with van der Waals surface area (Å²) >= 11 is 2.00. The number of hydrogen-bond donors (Lipinski definition) is 1. The fraction of sp³-hybridized carbons (Fsp3) is 0.600. The fourth-order valence-electron chi connectivity index (χ4n) is 1.61. The summed E-state index contributed by atoms with van der Waals surface area (Å²) in [6.07, 6.45) is 4.97. The van der Waals surface area contributed by atoms with Crippen molar-refractivity contribution in [2.45, 2.75) is 19.3 Å². The first-order chi connectivity index (χ1) is 6.90. The van der Waals surface area contributed by atoms with E-state index in [2.05, 4.69) is 9.97 Å². The largest absolute Gasteiger partial charge is 0.330 e. The van der Waals surface area contributed by atoms with Crippen LogP contribution in [0, 0.1) is 0 Å². The lowest BCUT2D eigenvalue weighted by Gasteiger charge is -2.05. The number of hydrogen-bond acceptors (Lipinski definition) is 4. The van der Waals surface area contributed by atoms with E-state index in [1.807, 2.05) is 18.0 Å². The number of aryl methyl sites for hydroxylation is 2. The van der Waals surface area contributed by atoms with Crippen LogP contribution in [-0.2, 0) is 19.3 Å². The normalized spacial score (nSPS) is 16.1. The van der Waals surface area contributed by atoms with E-state index in [0.29, 0.717) is 6.54 Å². The van der Waals surface area contributed by atoms with Crippen LogP contribution >= 0.6 is 11.8 Å². The van der Waals surface area contributed by atoms with Gasteiger partial charge in [0.25, 0.3) is 0 Å². The molecular weight excluding hydrogens is 194 g/mol. The van der Waals surface area contributed by atoms with Crippen LogP contribution in [-0.4, -0.2) is 28.0 Å². The molecule has 3 nitrogen and oxygen atoms in total. The number of fused-ring (bicyclic) bond motifs is 1. The van der Waals surface area contributed by atoms with E-state index in [9.17, 15) is 0 Å². The van der Waals surface area contributed by atoms with Gasteiger partial charge in [-0.15, -0.1) is 0 Å². The molecule has 1 aliphatic heterocycles. The fourth-order valence-corrected chi connectivity index (χ4v) is 2.52. The van der Waals surface area contributed by atoms with E-state index in [0.717, 1.165) is 25.1 Å². The molecule has 0 amide bonds. The van der Waals surface area contributed by atoms with E-state index >= 15 is 0 Å². The molecule has 1 aromatic heterocycles. The van der Waals surface area contributed by atoms with Gasteiger partial charge in [-0.3, -0.25) is 0 Å². The lowest BCUT2D eigenvalue weighted by atomic mass is 10.1. The third kappa shape index (κ3) is 2.25. The van der Waals surface area contributed by atoms with E-state index in [4.69, 9.17) is 5.73 Å². The number of aromatic nitrogens is 2. The summed E-state index contributed by atoms with van der Waals surface area (Å²) in [5, 5.41) is 0. The minimum absolute atomic E-state index is 0.632. The molecule has 1 aliphatic rings. The molecule has 0 unspecified atom stereocenters. The second-order valence-corrected chi connectivity index (χ2v) is 4.63. The summed E-state index contributed by atoms with van der Waals surface area (Å²) in [6.45, 7) is 0.632. The van der Waals surface area contributed by atoms with Crippen molar-refractivity contribution in [1.82, 2.24) is 9.97 Å². The maximum Gasteiger partial charge on any atom is 0.129 e. The molecule has 14 heavy (non-hydrogen) atoms. The van der Waals surface area contributed by atoms with Crippen molar-refractivity contribution in [3.05, 3.63) is 23.3 Å². The molecule has 76 valence electrons. The molecule has 0 radical (unpaired) electrons. The maximum atomic E-state index is 5.48. The summed E-state index contributed by atoms with van der Waals surface area (Å²) < 4.78 is 0.